The predicted octanol–water partition coefficient (Wildman–Crippen LogP) is 2.00. The summed E-state index contributed by atoms with van der Waals surface area (Å²) in [7, 11) is 0. The molecule has 0 spiro atoms. The molecule has 2 heteroatoms. The van der Waals surface area contributed by atoms with Gasteiger partial charge in [-0.1, -0.05) is 43.7 Å². The van der Waals surface area contributed by atoms with Crippen molar-refractivity contribution in [3.05, 3.63) is 35.4 Å². The average Bonchev–Trinajstić information content (AvgIpc) is 2.96. The van der Waals surface area contributed by atoms with E-state index in [-0.39, 0.29) is 0 Å². The monoisotopic (exact) mass is 178 g/mol. The molecule has 1 aliphatic heterocycles. The molecule has 0 amide bonds. The summed E-state index contributed by atoms with van der Waals surface area (Å²) in [5.41, 5.74) is 8.81. The van der Waals surface area contributed by atoms with Gasteiger partial charge in [0, 0.05) is 6.42 Å². The fourth-order valence-corrected chi connectivity index (χ4v) is 1.12. The quantitative estimate of drug-likeness (QED) is 0.680. The standard InChI is InChI=1S/C9H12N2.C2H6/c1-7-2-4-8(5-3-7)6-9-10-11-9;1-2/h2-5,9-11H,6H2,1H3;1-2H3. The maximum Gasteiger partial charge on any atom is 0.0873 e. The van der Waals surface area contributed by atoms with Crippen molar-refractivity contribution in [3.8, 4) is 0 Å². The second kappa shape index (κ2) is 5.00. The normalized spacial score (nSPS) is 14.7. The minimum Gasteiger partial charge on any atom is -0.238 e. The molecule has 0 aromatic heterocycles. The highest BCUT2D eigenvalue weighted by molar-refractivity contribution is 5.22. The van der Waals surface area contributed by atoms with Gasteiger partial charge in [0.1, 0.15) is 0 Å². The zero-order valence-corrected chi connectivity index (χ0v) is 8.59. The number of rotatable bonds is 2. The highest BCUT2D eigenvalue weighted by atomic mass is 15.6. The van der Waals surface area contributed by atoms with E-state index in [0.29, 0.717) is 6.17 Å². The molecule has 1 heterocycles. The van der Waals surface area contributed by atoms with Crippen molar-refractivity contribution in [3.63, 3.8) is 0 Å². The molecule has 0 aliphatic carbocycles. The fourth-order valence-electron chi connectivity index (χ4n) is 1.12. The van der Waals surface area contributed by atoms with Gasteiger partial charge >= 0.3 is 0 Å². The Morgan fingerprint density at radius 2 is 1.62 bits per heavy atom. The van der Waals surface area contributed by atoms with Gasteiger partial charge in [-0.05, 0) is 12.5 Å². The Hall–Kier alpha value is -0.860. The van der Waals surface area contributed by atoms with E-state index >= 15 is 0 Å². The molecule has 0 radical (unpaired) electrons. The van der Waals surface area contributed by atoms with Gasteiger partial charge in [-0.3, -0.25) is 0 Å². The van der Waals surface area contributed by atoms with Crippen LogP contribution in [0.1, 0.15) is 25.0 Å². The lowest BCUT2D eigenvalue weighted by molar-refractivity contribution is 0.910. The molecule has 2 nitrogen and oxygen atoms in total. The third-order valence-corrected chi connectivity index (χ3v) is 1.91. The Morgan fingerprint density at radius 3 is 2.08 bits per heavy atom. The first-order chi connectivity index (χ1) is 6.34. The second-order valence-corrected chi connectivity index (χ2v) is 3.03. The van der Waals surface area contributed by atoms with E-state index in [1.54, 1.807) is 0 Å². The molecular weight excluding hydrogens is 160 g/mol. The van der Waals surface area contributed by atoms with Crippen LogP contribution in [-0.2, 0) is 6.42 Å². The van der Waals surface area contributed by atoms with E-state index in [1.807, 2.05) is 13.8 Å². The third-order valence-electron chi connectivity index (χ3n) is 1.91. The number of hydrazine groups is 1. The lowest BCUT2D eigenvalue weighted by Crippen LogP contribution is -1.97. The first kappa shape index (κ1) is 10.2. The Morgan fingerprint density at radius 1 is 1.08 bits per heavy atom. The van der Waals surface area contributed by atoms with Gasteiger partial charge in [-0.2, -0.15) is 0 Å². The van der Waals surface area contributed by atoms with Crippen molar-refractivity contribution in [2.75, 3.05) is 0 Å². The fraction of sp³-hybridized carbons (Fsp3) is 0.455. The first-order valence-electron chi connectivity index (χ1n) is 4.91. The minimum absolute atomic E-state index is 0.512. The van der Waals surface area contributed by atoms with Gasteiger partial charge < -0.3 is 0 Å². The van der Waals surface area contributed by atoms with Crippen LogP contribution >= 0.6 is 0 Å². The van der Waals surface area contributed by atoms with E-state index in [0.717, 1.165) is 6.42 Å². The van der Waals surface area contributed by atoms with Gasteiger partial charge in [0.15, 0.2) is 0 Å². The molecule has 2 N–H and O–H groups in total. The smallest absolute Gasteiger partial charge is 0.0873 e. The van der Waals surface area contributed by atoms with Gasteiger partial charge in [-0.15, -0.1) is 0 Å². The molecule has 0 unspecified atom stereocenters. The zero-order valence-electron chi connectivity index (χ0n) is 8.59. The maximum absolute atomic E-state index is 3.05. The van der Waals surface area contributed by atoms with Crippen LogP contribution in [0, 0.1) is 6.92 Å². The number of aryl methyl sites for hydroxylation is 1. The Labute approximate surface area is 80.3 Å². The van der Waals surface area contributed by atoms with Crippen LogP contribution in [0.15, 0.2) is 24.3 Å². The highest BCUT2D eigenvalue weighted by Gasteiger charge is 2.18. The van der Waals surface area contributed by atoms with E-state index in [1.165, 1.54) is 11.1 Å². The SMILES string of the molecule is CC.Cc1ccc(CC2NN2)cc1. The van der Waals surface area contributed by atoms with Crippen molar-refractivity contribution in [1.82, 2.24) is 10.9 Å². The molecule has 1 aliphatic rings. The van der Waals surface area contributed by atoms with Crippen LogP contribution in [0.3, 0.4) is 0 Å². The van der Waals surface area contributed by atoms with Crippen LogP contribution in [0.4, 0.5) is 0 Å². The van der Waals surface area contributed by atoms with E-state index in [4.69, 9.17) is 0 Å². The van der Waals surface area contributed by atoms with Crippen molar-refractivity contribution in [2.45, 2.75) is 33.4 Å². The van der Waals surface area contributed by atoms with Crippen LogP contribution in [-0.4, -0.2) is 6.17 Å². The summed E-state index contributed by atoms with van der Waals surface area (Å²) in [5.74, 6) is 0. The average molecular weight is 178 g/mol. The molecule has 13 heavy (non-hydrogen) atoms. The van der Waals surface area contributed by atoms with Crippen molar-refractivity contribution in [1.29, 1.82) is 0 Å². The lowest BCUT2D eigenvalue weighted by atomic mass is 10.1. The summed E-state index contributed by atoms with van der Waals surface area (Å²) in [6, 6.07) is 8.66. The van der Waals surface area contributed by atoms with Crippen molar-refractivity contribution < 1.29 is 0 Å². The van der Waals surface area contributed by atoms with Crippen molar-refractivity contribution in [2.24, 2.45) is 0 Å². The summed E-state index contributed by atoms with van der Waals surface area (Å²) in [6.07, 6.45) is 1.60. The molecule has 1 fully saturated rings. The van der Waals surface area contributed by atoms with Crippen LogP contribution in [0.5, 0.6) is 0 Å². The lowest BCUT2D eigenvalue weighted by Gasteiger charge is -1.97. The topological polar surface area (TPSA) is 43.9 Å². The highest BCUT2D eigenvalue weighted by Crippen LogP contribution is 2.07. The summed E-state index contributed by atoms with van der Waals surface area (Å²) in [4.78, 5) is 0. The van der Waals surface area contributed by atoms with E-state index in [2.05, 4.69) is 42.0 Å². The van der Waals surface area contributed by atoms with E-state index in [9.17, 15) is 0 Å². The van der Waals surface area contributed by atoms with Crippen LogP contribution < -0.4 is 10.9 Å². The molecule has 1 saturated heterocycles. The van der Waals surface area contributed by atoms with Gasteiger partial charge in [-0.25, -0.2) is 10.9 Å². The van der Waals surface area contributed by atoms with Gasteiger partial charge in [0.25, 0.3) is 0 Å². The number of nitrogens with one attached hydrogen (secondary N) is 2. The van der Waals surface area contributed by atoms with Crippen LogP contribution in [0.2, 0.25) is 0 Å². The van der Waals surface area contributed by atoms with Gasteiger partial charge in [0.05, 0.1) is 6.17 Å². The van der Waals surface area contributed by atoms with Crippen molar-refractivity contribution >= 4 is 0 Å². The number of benzene rings is 1. The molecule has 72 valence electrons. The summed E-state index contributed by atoms with van der Waals surface area (Å²) >= 11 is 0. The Bertz CT molecular complexity index is 237. The predicted molar refractivity (Wildman–Crippen MR) is 56.3 cm³/mol. The molecule has 0 saturated carbocycles. The Kier molecular flexibility index (Phi) is 3.93. The molecule has 0 bridgehead atoms. The van der Waals surface area contributed by atoms with Gasteiger partial charge in [0.2, 0.25) is 0 Å². The van der Waals surface area contributed by atoms with Crippen LogP contribution in [0.25, 0.3) is 0 Å². The summed E-state index contributed by atoms with van der Waals surface area (Å²) < 4.78 is 0. The minimum atomic E-state index is 0.512. The first-order valence-corrected chi connectivity index (χ1v) is 4.91. The molecule has 0 atom stereocenters. The second-order valence-electron chi connectivity index (χ2n) is 3.03. The third kappa shape index (κ3) is 3.57. The van der Waals surface area contributed by atoms with E-state index < -0.39 is 0 Å². The molecule has 2 rings (SSSR count). The summed E-state index contributed by atoms with van der Waals surface area (Å²) in [6.45, 7) is 6.11. The maximum atomic E-state index is 3.05. The molecular formula is C11H18N2. The zero-order chi connectivity index (χ0) is 9.68. The number of hydrogen-bond donors (Lipinski definition) is 2. The number of hydrogen-bond acceptors (Lipinski definition) is 2. The summed E-state index contributed by atoms with van der Waals surface area (Å²) in [5, 5.41) is 0. The molecule has 1 aromatic carbocycles. The largest absolute Gasteiger partial charge is 0.238 e. The molecule has 1 aromatic rings. The Balaban J connectivity index is 0.000000396.